The van der Waals surface area contributed by atoms with Gasteiger partial charge in [0.1, 0.15) is 0 Å². The van der Waals surface area contributed by atoms with Gasteiger partial charge in [0.15, 0.2) is 0 Å². The van der Waals surface area contributed by atoms with Crippen LogP contribution < -0.4 is 0 Å². The molecule has 0 amide bonds. The Bertz CT molecular complexity index is 76.2. The highest BCUT2D eigenvalue weighted by atomic mass is 35.5. The summed E-state index contributed by atoms with van der Waals surface area (Å²) in [7, 11) is 0. The lowest BCUT2D eigenvalue weighted by atomic mass is 10.1. The van der Waals surface area contributed by atoms with Crippen molar-refractivity contribution in [2.24, 2.45) is 0 Å². The number of hydrogen-bond donors (Lipinski definition) is 0. The van der Waals surface area contributed by atoms with Gasteiger partial charge in [-0.3, -0.25) is 0 Å². The monoisotopic (exact) mass is 116 g/mol. The molecule has 1 heteroatoms. The van der Waals surface area contributed by atoms with E-state index in [9.17, 15) is 0 Å². The third-order valence-corrected chi connectivity index (χ3v) is 1.56. The number of halogens is 1. The number of hydrogen-bond acceptors (Lipinski definition) is 0. The average molecular weight is 117 g/mol. The minimum absolute atomic E-state index is 0.328. The van der Waals surface area contributed by atoms with Crippen LogP contribution in [-0.2, 0) is 0 Å². The summed E-state index contributed by atoms with van der Waals surface area (Å²) >= 11 is 5.73. The minimum atomic E-state index is 0.328. The number of rotatable bonds is 0. The van der Waals surface area contributed by atoms with Gasteiger partial charge in [0, 0.05) is 0 Å². The first-order valence-corrected chi connectivity index (χ1v) is 3.14. The van der Waals surface area contributed by atoms with E-state index >= 15 is 0 Å². The van der Waals surface area contributed by atoms with E-state index in [0.717, 1.165) is 6.42 Å². The second-order valence-corrected chi connectivity index (χ2v) is 2.44. The molecular weight excluding hydrogens is 108 g/mol. The highest BCUT2D eigenvalue weighted by Gasteiger charge is 2.01. The summed E-state index contributed by atoms with van der Waals surface area (Å²) in [4.78, 5) is 0. The first-order valence-electron chi connectivity index (χ1n) is 2.70. The van der Waals surface area contributed by atoms with Crippen LogP contribution in [0.5, 0.6) is 0 Å². The molecule has 0 bridgehead atoms. The third-order valence-electron chi connectivity index (χ3n) is 1.20. The minimum Gasteiger partial charge on any atom is -0.118 e. The largest absolute Gasteiger partial charge is 0.118 e. The molecule has 0 aromatic rings. The van der Waals surface area contributed by atoms with Gasteiger partial charge in [0.05, 0.1) is 5.38 Å². The number of alkyl halides is 1. The van der Waals surface area contributed by atoms with Crippen LogP contribution in [0.3, 0.4) is 0 Å². The fourth-order valence-electron chi connectivity index (χ4n) is 0.771. The van der Waals surface area contributed by atoms with Gasteiger partial charge in [-0.05, 0) is 19.3 Å². The second kappa shape index (κ2) is 2.37. The van der Waals surface area contributed by atoms with Gasteiger partial charge in [-0.1, -0.05) is 12.2 Å². The lowest BCUT2D eigenvalue weighted by molar-refractivity contribution is 0.736. The van der Waals surface area contributed by atoms with E-state index < -0.39 is 0 Å². The van der Waals surface area contributed by atoms with Crippen molar-refractivity contribution in [1.82, 2.24) is 0 Å². The van der Waals surface area contributed by atoms with Crippen LogP contribution >= 0.6 is 11.6 Å². The van der Waals surface area contributed by atoms with Gasteiger partial charge in [-0.2, -0.15) is 0 Å². The summed E-state index contributed by atoms with van der Waals surface area (Å²) in [5, 5.41) is 0.328. The molecule has 0 saturated heterocycles. The highest BCUT2D eigenvalue weighted by Crippen LogP contribution is 2.14. The highest BCUT2D eigenvalue weighted by molar-refractivity contribution is 6.21. The molecule has 0 spiro atoms. The molecular formula is C6H9Cl. The predicted octanol–water partition coefficient (Wildman–Crippen LogP) is 2.33. The second-order valence-electron chi connectivity index (χ2n) is 1.88. The Morgan fingerprint density at radius 3 is 2.71 bits per heavy atom. The van der Waals surface area contributed by atoms with E-state index in [-0.39, 0.29) is 0 Å². The van der Waals surface area contributed by atoms with Gasteiger partial charge >= 0.3 is 0 Å². The van der Waals surface area contributed by atoms with Crippen molar-refractivity contribution in [3.63, 3.8) is 0 Å². The summed E-state index contributed by atoms with van der Waals surface area (Å²) in [6, 6.07) is 0. The Morgan fingerprint density at radius 2 is 2.43 bits per heavy atom. The Kier molecular flexibility index (Phi) is 1.75. The molecule has 0 unspecified atom stereocenters. The first kappa shape index (κ1) is 5.17. The van der Waals surface area contributed by atoms with E-state index in [1.54, 1.807) is 0 Å². The van der Waals surface area contributed by atoms with Crippen LogP contribution in [0.15, 0.2) is 12.2 Å². The van der Waals surface area contributed by atoms with Gasteiger partial charge in [-0.25, -0.2) is 0 Å². The molecule has 0 heterocycles. The maximum absolute atomic E-state index is 5.73. The molecule has 0 N–H and O–H groups in total. The van der Waals surface area contributed by atoms with Crippen LogP contribution in [0.4, 0.5) is 0 Å². The molecule has 0 saturated carbocycles. The van der Waals surface area contributed by atoms with Crippen molar-refractivity contribution >= 4 is 11.6 Å². The molecule has 0 aliphatic heterocycles. The first-order chi connectivity index (χ1) is 3.39. The molecule has 7 heavy (non-hydrogen) atoms. The standard InChI is InChI=1S/C6H9Cl/c7-6-4-2-1-3-5-6/h2,4,6H,1,3,5H2/t6-/m0/s1. The molecule has 1 rings (SSSR count). The van der Waals surface area contributed by atoms with Crippen LogP contribution in [0, 0.1) is 0 Å². The lowest BCUT2D eigenvalue weighted by Gasteiger charge is -2.06. The zero-order valence-corrected chi connectivity index (χ0v) is 4.99. The molecule has 0 fully saturated rings. The molecule has 0 nitrogen and oxygen atoms in total. The van der Waals surface area contributed by atoms with Crippen LogP contribution in [0.25, 0.3) is 0 Å². The van der Waals surface area contributed by atoms with Crippen LogP contribution in [0.1, 0.15) is 19.3 Å². The molecule has 1 aliphatic rings. The molecule has 0 radical (unpaired) electrons. The Balaban J connectivity index is 2.36. The van der Waals surface area contributed by atoms with Crippen molar-refractivity contribution in [3.8, 4) is 0 Å². The van der Waals surface area contributed by atoms with Gasteiger partial charge in [0.25, 0.3) is 0 Å². The summed E-state index contributed by atoms with van der Waals surface area (Å²) in [6.07, 6.45) is 7.89. The summed E-state index contributed by atoms with van der Waals surface area (Å²) in [5.74, 6) is 0. The average Bonchev–Trinajstić information content (AvgIpc) is 1.69. The van der Waals surface area contributed by atoms with Crippen LogP contribution in [-0.4, -0.2) is 5.38 Å². The summed E-state index contributed by atoms with van der Waals surface area (Å²) in [5.41, 5.74) is 0. The van der Waals surface area contributed by atoms with Gasteiger partial charge in [0.2, 0.25) is 0 Å². The van der Waals surface area contributed by atoms with Crippen molar-refractivity contribution in [3.05, 3.63) is 12.2 Å². The smallest absolute Gasteiger partial charge is 0.0516 e. The van der Waals surface area contributed by atoms with Crippen LogP contribution in [0.2, 0.25) is 0 Å². The van der Waals surface area contributed by atoms with E-state index in [2.05, 4.69) is 12.2 Å². The van der Waals surface area contributed by atoms with Gasteiger partial charge in [-0.15, -0.1) is 11.6 Å². The zero-order valence-electron chi connectivity index (χ0n) is 4.23. The number of allylic oxidation sites excluding steroid dienone is 2. The fourth-order valence-corrected chi connectivity index (χ4v) is 1.03. The molecule has 1 atom stereocenters. The van der Waals surface area contributed by atoms with E-state index in [1.165, 1.54) is 12.8 Å². The zero-order chi connectivity index (χ0) is 5.11. The summed E-state index contributed by atoms with van der Waals surface area (Å²) in [6.45, 7) is 0. The SMILES string of the molecule is Cl[C@H]1C=CCCC1. The fraction of sp³-hybridized carbons (Fsp3) is 0.667. The lowest BCUT2D eigenvalue weighted by Crippen LogP contribution is -1.96. The van der Waals surface area contributed by atoms with E-state index in [4.69, 9.17) is 11.6 Å². The molecule has 0 aromatic carbocycles. The Labute approximate surface area is 49.2 Å². The normalized spacial score (nSPS) is 30.7. The quantitative estimate of drug-likeness (QED) is 0.337. The molecule has 1 aliphatic carbocycles. The molecule has 0 aromatic heterocycles. The van der Waals surface area contributed by atoms with Crippen molar-refractivity contribution in [2.75, 3.05) is 0 Å². The topological polar surface area (TPSA) is 0 Å². The third kappa shape index (κ3) is 1.52. The van der Waals surface area contributed by atoms with Gasteiger partial charge < -0.3 is 0 Å². The predicted molar refractivity (Wildman–Crippen MR) is 32.6 cm³/mol. The van der Waals surface area contributed by atoms with Crippen molar-refractivity contribution < 1.29 is 0 Å². The Hall–Kier alpha value is 0.0300. The maximum Gasteiger partial charge on any atom is 0.0516 e. The van der Waals surface area contributed by atoms with Crippen molar-refractivity contribution in [1.29, 1.82) is 0 Å². The van der Waals surface area contributed by atoms with E-state index in [0.29, 0.717) is 5.38 Å². The Morgan fingerprint density at radius 1 is 1.57 bits per heavy atom. The molecule has 40 valence electrons. The summed E-state index contributed by atoms with van der Waals surface area (Å²) < 4.78 is 0. The van der Waals surface area contributed by atoms with Crippen molar-refractivity contribution in [2.45, 2.75) is 24.6 Å². The maximum atomic E-state index is 5.73. The van der Waals surface area contributed by atoms with E-state index in [1.807, 2.05) is 0 Å².